The molecule has 2 nitrogen and oxygen atoms in total. The summed E-state index contributed by atoms with van der Waals surface area (Å²) in [6, 6.07) is 29.1. The van der Waals surface area contributed by atoms with Crippen LogP contribution in [0.1, 0.15) is 55.5 Å². The first-order valence-electron chi connectivity index (χ1n) is 12.9. The number of fused-ring (bicyclic) bond motifs is 1. The van der Waals surface area contributed by atoms with Gasteiger partial charge in [0.25, 0.3) is 0 Å². The monoisotopic (exact) mass is 475 g/mol. The third kappa shape index (κ3) is 4.19. The van der Waals surface area contributed by atoms with Gasteiger partial charge >= 0.3 is 0 Å². The van der Waals surface area contributed by atoms with Crippen LogP contribution in [0, 0.1) is 27.7 Å². The summed E-state index contributed by atoms with van der Waals surface area (Å²) in [5, 5.41) is 0. The Bertz CT molecular complexity index is 1350. The predicted molar refractivity (Wildman–Crippen MR) is 153 cm³/mol. The summed E-state index contributed by atoms with van der Waals surface area (Å²) in [4.78, 5) is 2.37. The largest absolute Gasteiger partial charge is 0.487 e. The van der Waals surface area contributed by atoms with E-state index in [9.17, 15) is 0 Å². The molecule has 0 spiro atoms. The summed E-state index contributed by atoms with van der Waals surface area (Å²) >= 11 is 0. The average molecular weight is 476 g/mol. The van der Waals surface area contributed by atoms with Crippen molar-refractivity contribution >= 4 is 17.1 Å². The van der Waals surface area contributed by atoms with Crippen molar-refractivity contribution in [3.8, 4) is 16.9 Å². The minimum absolute atomic E-state index is 0.0544. The molecule has 184 valence electrons. The van der Waals surface area contributed by atoms with Gasteiger partial charge in [-0.3, -0.25) is 0 Å². The number of nitrogens with zero attached hydrogens (tertiary/aromatic N) is 1. The zero-order valence-electron chi connectivity index (χ0n) is 22.9. The van der Waals surface area contributed by atoms with Gasteiger partial charge in [-0.25, -0.2) is 0 Å². The van der Waals surface area contributed by atoms with Crippen molar-refractivity contribution in [2.24, 2.45) is 0 Å². The van der Waals surface area contributed by atoms with E-state index in [-0.39, 0.29) is 11.0 Å². The van der Waals surface area contributed by atoms with Gasteiger partial charge in [-0.2, -0.15) is 0 Å². The zero-order chi connectivity index (χ0) is 25.8. The van der Waals surface area contributed by atoms with Crippen LogP contribution in [0.2, 0.25) is 0 Å². The number of anilines is 3. The molecule has 0 atom stereocenters. The third-order valence-corrected chi connectivity index (χ3v) is 7.91. The Morgan fingerprint density at radius 1 is 0.528 bits per heavy atom. The fraction of sp³-hybridized carbons (Fsp3) is 0.294. The molecular formula is C34H37NO. The second-order valence-electron chi connectivity index (χ2n) is 11.5. The molecule has 1 aliphatic rings. The second-order valence-corrected chi connectivity index (χ2v) is 11.5. The maximum Gasteiger partial charge on any atom is 0.124 e. The summed E-state index contributed by atoms with van der Waals surface area (Å²) in [5.74, 6) is 1.00. The lowest BCUT2D eigenvalue weighted by atomic mass is 9.73. The lowest BCUT2D eigenvalue weighted by Gasteiger charge is -2.33. The van der Waals surface area contributed by atoms with Crippen LogP contribution in [0.5, 0.6) is 5.75 Å². The second kappa shape index (κ2) is 8.55. The van der Waals surface area contributed by atoms with Gasteiger partial charge in [-0.15, -0.1) is 0 Å². The van der Waals surface area contributed by atoms with Crippen LogP contribution in [0.15, 0.2) is 78.9 Å². The first-order chi connectivity index (χ1) is 16.9. The van der Waals surface area contributed by atoms with E-state index >= 15 is 0 Å². The molecule has 0 saturated heterocycles. The van der Waals surface area contributed by atoms with Crippen LogP contribution < -0.4 is 9.64 Å². The van der Waals surface area contributed by atoms with Crippen LogP contribution in [-0.2, 0) is 5.41 Å². The third-order valence-electron chi connectivity index (χ3n) is 7.91. The molecule has 4 aromatic rings. The number of rotatable bonds is 4. The van der Waals surface area contributed by atoms with Gasteiger partial charge in [-0.1, -0.05) is 44.2 Å². The SMILES string of the molecule is Cc1cc(C)cc(N(c2ccc(-c3ccc4c(c3)C(C)(C)C(C)(C)O4)cc2)c2cc(C)cc(C)c2)c1. The average Bonchev–Trinajstić information content (AvgIpc) is 2.96. The lowest BCUT2D eigenvalue weighted by molar-refractivity contribution is 0.0712. The Balaban J connectivity index is 1.57. The van der Waals surface area contributed by atoms with Gasteiger partial charge in [-0.05, 0) is 123 Å². The van der Waals surface area contributed by atoms with Crippen molar-refractivity contribution in [2.75, 3.05) is 4.90 Å². The van der Waals surface area contributed by atoms with Crippen molar-refractivity contribution in [1.82, 2.24) is 0 Å². The molecule has 0 aromatic heterocycles. The van der Waals surface area contributed by atoms with Crippen LogP contribution >= 0.6 is 0 Å². The summed E-state index contributed by atoms with van der Waals surface area (Å²) in [6.07, 6.45) is 0. The molecule has 36 heavy (non-hydrogen) atoms. The molecule has 2 heteroatoms. The standard InChI is InChI=1S/C34H37NO/c1-22-15-23(2)18-29(17-22)35(30-19-24(3)16-25(4)20-30)28-12-9-26(10-13-28)27-11-14-32-31(21-27)33(5,6)34(7,8)36-32/h9-21H,1-8H3. The summed E-state index contributed by atoms with van der Waals surface area (Å²) < 4.78 is 6.28. The molecule has 0 aliphatic carbocycles. The Morgan fingerprint density at radius 3 is 1.50 bits per heavy atom. The quantitative estimate of drug-likeness (QED) is 0.291. The summed E-state index contributed by atoms with van der Waals surface area (Å²) in [6.45, 7) is 17.6. The number of hydrogen-bond donors (Lipinski definition) is 0. The van der Waals surface area contributed by atoms with E-state index in [1.165, 1.54) is 50.3 Å². The number of ether oxygens (including phenoxy) is 1. The Hall–Kier alpha value is -3.52. The van der Waals surface area contributed by atoms with Crippen molar-refractivity contribution in [3.05, 3.63) is 107 Å². The first-order valence-corrected chi connectivity index (χ1v) is 12.9. The zero-order valence-corrected chi connectivity index (χ0v) is 22.9. The minimum Gasteiger partial charge on any atom is -0.487 e. The minimum atomic E-state index is -0.226. The van der Waals surface area contributed by atoms with E-state index in [0.717, 1.165) is 11.4 Å². The van der Waals surface area contributed by atoms with Crippen LogP contribution in [0.3, 0.4) is 0 Å². The highest BCUT2D eigenvalue weighted by Gasteiger charge is 2.47. The highest BCUT2D eigenvalue weighted by atomic mass is 16.5. The number of hydrogen-bond acceptors (Lipinski definition) is 2. The fourth-order valence-corrected chi connectivity index (χ4v) is 5.42. The van der Waals surface area contributed by atoms with E-state index in [1.54, 1.807) is 0 Å². The molecule has 0 unspecified atom stereocenters. The van der Waals surface area contributed by atoms with E-state index in [2.05, 4.69) is 139 Å². The lowest BCUT2D eigenvalue weighted by Crippen LogP contribution is -2.41. The molecule has 0 fully saturated rings. The summed E-state index contributed by atoms with van der Waals surface area (Å²) in [5.41, 5.74) is 12.0. The Labute approximate surface area is 216 Å². The van der Waals surface area contributed by atoms with Gasteiger partial charge < -0.3 is 9.64 Å². The first kappa shape index (κ1) is 24.2. The maximum absolute atomic E-state index is 6.28. The Morgan fingerprint density at radius 2 is 1.00 bits per heavy atom. The van der Waals surface area contributed by atoms with Crippen LogP contribution in [0.4, 0.5) is 17.1 Å². The molecule has 0 amide bonds. The molecule has 4 aromatic carbocycles. The molecule has 0 N–H and O–H groups in total. The highest BCUT2D eigenvalue weighted by molar-refractivity contribution is 5.79. The molecule has 1 heterocycles. The van der Waals surface area contributed by atoms with Gasteiger partial charge in [0.15, 0.2) is 0 Å². The molecule has 0 saturated carbocycles. The topological polar surface area (TPSA) is 12.5 Å². The van der Waals surface area contributed by atoms with E-state index in [1.807, 2.05) is 0 Å². The molecule has 1 aliphatic heterocycles. The van der Waals surface area contributed by atoms with Gasteiger partial charge in [0, 0.05) is 28.0 Å². The predicted octanol–water partition coefficient (Wildman–Crippen LogP) is 9.51. The molecule has 0 bridgehead atoms. The van der Waals surface area contributed by atoms with Crippen molar-refractivity contribution < 1.29 is 4.74 Å². The van der Waals surface area contributed by atoms with E-state index in [4.69, 9.17) is 4.74 Å². The van der Waals surface area contributed by atoms with Crippen molar-refractivity contribution in [3.63, 3.8) is 0 Å². The van der Waals surface area contributed by atoms with Gasteiger partial charge in [0.2, 0.25) is 0 Å². The fourth-order valence-electron chi connectivity index (χ4n) is 5.42. The van der Waals surface area contributed by atoms with Gasteiger partial charge in [0.1, 0.15) is 11.4 Å². The smallest absolute Gasteiger partial charge is 0.124 e. The number of benzene rings is 4. The van der Waals surface area contributed by atoms with Crippen molar-refractivity contribution in [2.45, 2.75) is 66.4 Å². The molecule has 0 radical (unpaired) electrons. The Kier molecular flexibility index (Phi) is 5.75. The van der Waals surface area contributed by atoms with Gasteiger partial charge in [0.05, 0.1) is 0 Å². The van der Waals surface area contributed by atoms with Crippen LogP contribution in [0.25, 0.3) is 11.1 Å². The maximum atomic E-state index is 6.28. The number of aryl methyl sites for hydroxylation is 4. The normalized spacial score (nSPS) is 15.3. The highest BCUT2D eigenvalue weighted by Crippen LogP contribution is 2.50. The molecule has 5 rings (SSSR count). The van der Waals surface area contributed by atoms with E-state index in [0.29, 0.717) is 0 Å². The van der Waals surface area contributed by atoms with E-state index < -0.39 is 0 Å². The summed E-state index contributed by atoms with van der Waals surface area (Å²) in [7, 11) is 0. The van der Waals surface area contributed by atoms with Crippen LogP contribution in [-0.4, -0.2) is 5.60 Å². The van der Waals surface area contributed by atoms with Crippen molar-refractivity contribution in [1.29, 1.82) is 0 Å². The molecular weight excluding hydrogens is 438 g/mol.